The summed E-state index contributed by atoms with van der Waals surface area (Å²) in [6.07, 6.45) is 9.85. The average Bonchev–Trinajstić information content (AvgIpc) is 2.89. The lowest BCUT2D eigenvalue weighted by molar-refractivity contribution is 0.0977. The highest BCUT2D eigenvalue weighted by molar-refractivity contribution is 6.02. The van der Waals surface area contributed by atoms with Gasteiger partial charge in [0.2, 0.25) is 0 Å². The molecule has 0 unspecified atom stereocenters. The van der Waals surface area contributed by atoms with E-state index in [1.165, 1.54) is 24.3 Å². The zero-order valence-corrected chi connectivity index (χ0v) is 24.7. The van der Waals surface area contributed by atoms with Crippen LogP contribution in [0.2, 0.25) is 0 Å². The predicted molar refractivity (Wildman–Crippen MR) is 158 cm³/mol. The SMILES string of the molecule is COc1cc(O)c(C(=O)CCc2ccc(OC)c(OC)c2C/C=C(\C)CCC=C(C)C)c(O)c1CC=C(C)C. The maximum Gasteiger partial charge on any atom is 0.170 e. The Balaban J connectivity index is 2.37. The smallest absolute Gasteiger partial charge is 0.170 e. The second-order valence-corrected chi connectivity index (χ2v) is 10.2. The van der Waals surface area contributed by atoms with Crippen molar-refractivity contribution < 1.29 is 29.2 Å². The molecule has 0 aliphatic carbocycles. The number of phenols is 2. The van der Waals surface area contributed by atoms with E-state index in [-0.39, 0.29) is 29.3 Å². The molecule has 0 saturated heterocycles. The van der Waals surface area contributed by atoms with Crippen molar-refractivity contribution in [1.82, 2.24) is 0 Å². The van der Waals surface area contributed by atoms with Crippen LogP contribution >= 0.6 is 0 Å². The van der Waals surface area contributed by atoms with Crippen molar-refractivity contribution in [2.75, 3.05) is 21.3 Å². The first-order chi connectivity index (χ1) is 18.5. The summed E-state index contributed by atoms with van der Waals surface area (Å²) < 4.78 is 16.6. The molecule has 0 aliphatic rings. The molecule has 0 bridgehead atoms. The standard InChI is InChI=1S/C33H44O6/c1-21(2)10-9-11-23(5)13-17-25-24(15-19-29(37-6)33(25)39-8)14-18-27(34)31-28(35)20-30(38-7)26(32(31)36)16-12-22(3)4/h10,12-13,15,19-20,35-36H,9,11,14,16-18H2,1-8H3/b23-13+. The molecule has 2 aromatic rings. The van der Waals surface area contributed by atoms with E-state index in [2.05, 4.69) is 32.9 Å². The Labute approximate surface area is 233 Å². The fourth-order valence-electron chi connectivity index (χ4n) is 4.46. The van der Waals surface area contributed by atoms with Gasteiger partial charge in [0.1, 0.15) is 22.8 Å². The number of aromatic hydroxyl groups is 2. The number of ether oxygens (including phenoxy) is 3. The van der Waals surface area contributed by atoms with Gasteiger partial charge in [0, 0.05) is 23.6 Å². The van der Waals surface area contributed by atoms with E-state index in [1.807, 2.05) is 32.1 Å². The number of ketones is 1. The van der Waals surface area contributed by atoms with E-state index in [1.54, 1.807) is 14.2 Å². The lowest BCUT2D eigenvalue weighted by Gasteiger charge is -2.17. The Morgan fingerprint density at radius 3 is 2.03 bits per heavy atom. The van der Waals surface area contributed by atoms with Crippen molar-refractivity contribution >= 4 is 5.78 Å². The van der Waals surface area contributed by atoms with Gasteiger partial charge in [-0.15, -0.1) is 0 Å². The highest BCUT2D eigenvalue weighted by Crippen LogP contribution is 2.40. The van der Waals surface area contributed by atoms with Crippen molar-refractivity contribution in [2.24, 2.45) is 0 Å². The molecule has 0 spiro atoms. The second kappa shape index (κ2) is 15.1. The molecule has 2 rings (SSSR count). The molecular weight excluding hydrogens is 492 g/mol. The van der Waals surface area contributed by atoms with E-state index in [9.17, 15) is 15.0 Å². The highest BCUT2D eigenvalue weighted by atomic mass is 16.5. The third-order valence-corrected chi connectivity index (χ3v) is 6.67. The summed E-state index contributed by atoms with van der Waals surface area (Å²) >= 11 is 0. The van der Waals surface area contributed by atoms with Gasteiger partial charge in [-0.05, 0) is 78.4 Å². The van der Waals surface area contributed by atoms with E-state index in [0.29, 0.717) is 42.1 Å². The van der Waals surface area contributed by atoms with Crippen LogP contribution in [0, 0.1) is 0 Å². The summed E-state index contributed by atoms with van der Waals surface area (Å²) in [5, 5.41) is 21.6. The number of Topliss-reactive ketones (excluding diaryl/α,β-unsaturated/α-hetero) is 1. The van der Waals surface area contributed by atoms with Gasteiger partial charge >= 0.3 is 0 Å². The summed E-state index contributed by atoms with van der Waals surface area (Å²) in [7, 11) is 4.69. The molecule has 0 amide bonds. The van der Waals surface area contributed by atoms with Crippen molar-refractivity contribution in [3.8, 4) is 28.7 Å². The molecule has 212 valence electrons. The number of phenolic OH excluding ortho intramolecular Hbond substituents is 2. The monoisotopic (exact) mass is 536 g/mol. The minimum absolute atomic E-state index is 0.0787. The van der Waals surface area contributed by atoms with Crippen molar-refractivity contribution in [1.29, 1.82) is 0 Å². The number of carbonyl (C=O) groups excluding carboxylic acids is 1. The molecule has 6 nitrogen and oxygen atoms in total. The van der Waals surface area contributed by atoms with E-state index in [4.69, 9.17) is 14.2 Å². The molecule has 0 atom stereocenters. The molecule has 0 saturated carbocycles. The van der Waals surface area contributed by atoms with Gasteiger partial charge in [0.25, 0.3) is 0 Å². The van der Waals surface area contributed by atoms with E-state index >= 15 is 0 Å². The normalized spacial score (nSPS) is 11.1. The summed E-state index contributed by atoms with van der Waals surface area (Å²) in [6, 6.07) is 5.18. The number of carbonyl (C=O) groups is 1. The van der Waals surface area contributed by atoms with Crippen LogP contribution in [0.15, 0.2) is 53.1 Å². The summed E-state index contributed by atoms with van der Waals surface area (Å²) in [6.45, 7) is 10.2. The maximum atomic E-state index is 13.3. The van der Waals surface area contributed by atoms with Crippen LogP contribution in [0.4, 0.5) is 0 Å². The van der Waals surface area contributed by atoms with Crippen molar-refractivity contribution in [3.63, 3.8) is 0 Å². The summed E-state index contributed by atoms with van der Waals surface area (Å²) in [5.41, 5.74) is 5.95. The number of hydrogen-bond acceptors (Lipinski definition) is 6. The fraction of sp³-hybridized carbons (Fsp3) is 0.424. The molecule has 6 heteroatoms. The van der Waals surface area contributed by atoms with Crippen molar-refractivity contribution in [3.05, 3.63) is 75.4 Å². The Hall–Kier alpha value is -3.67. The van der Waals surface area contributed by atoms with Crippen LogP contribution in [0.3, 0.4) is 0 Å². The Morgan fingerprint density at radius 1 is 0.795 bits per heavy atom. The molecule has 0 heterocycles. The minimum Gasteiger partial charge on any atom is -0.507 e. The number of benzene rings is 2. The van der Waals surface area contributed by atoms with E-state index < -0.39 is 0 Å². The van der Waals surface area contributed by atoms with Crippen molar-refractivity contribution in [2.45, 2.75) is 73.1 Å². The first kappa shape index (κ1) is 31.5. The molecule has 39 heavy (non-hydrogen) atoms. The third-order valence-electron chi connectivity index (χ3n) is 6.67. The number of methoxy groups -OCH3 is 3. The predicted octanol–water partition coefficient (Wildman–Crippen LogP) is 7.68. The van der Waals surface area contributed by atoms with Crippen LogP contribution in [0.25, 0.3) is 0 Å². The molecule has 2 N–H and O–H groups in total. The van der Waals surface area contributed by atoms with Crippen LogP contribution in [-0.4, -0.2) is 37.3 Å². The number of allylic oxidation sites excluding steroid dienone is 6. The first-order valence-corrected chi connectivity index (χ1v) is 13.3. The van der Waals surface area contributed by atoms with Gasteiger partial charge in [-0.3, -0.25) is 4.79 Å². The van der Waals surface area contributed by atoms with Crippen LogP contribution in [0.1, 0.15) is 80.9 Å². The number of rotatable bonds is 14. The Morgan fingerprint density at radius 2 is 1.44 bits per heavy atom. The Kier molecular flexibility index (Phi) is 12.2. The van der Waals surface area contributed by atoms with E-state index in [0.717, 1.165) is 29.5 Å². The molecule has 0 fully saturated rings. The zero-order chi connectivity index (χ0) is 29.1. The first-order valence-electron chi connectivity index (χ1n) is 13.3. The van der Waals surface area contributed by atoms with Gasteiger partial charge in [-0.1, -0.05) is 41.0 Å². The molecule has 0 aromatic heterocycles. The lowest BCUT2D eigenvalue weighted by atomic mass is 9.93. The van der Waals surface area contributed by atoms with Gasteiger partial charge in [-0.25, -0.2) is 0 Å². The fourth-order valence-corrected chi connectivity index (χ4v) is 4.46. The highest BCUT2D eigenvalue weighted by Gasteiger charge is 2.23. The van der Waals surface area contributed by atoms with Gasteiger partial charge in [0.05, 0.1) is 21.3 Å². The second-order valence-electron chi connectivity index (χ2n) is 10.2. The zero-order valence-electron chi connectivity index (χ0n) is 24.7. The molecule has 0 radical (unpaired) electrons. The molecule has 0 aliphatic heterocycles. The van der Waals surface area contributed by atoms with Crippen LogP contribution < -0.4 is 14.2 Å². The third kappa shape index (κ3) is 8.67. The van der Waals surface area contributed by atoms with Crippen LogP contribution in [-0.2, 0) is 19.3 Å². The maximum absolute atomic E-state index is 13.3. The number of hydrogen-bond donors (Lipinski definition) is 2. The molecule has 2 aromatic carbocycles. The average molecular weight is 537 g/mol. The lowest BCUT2D eigenvalue weighted by Crippen LogP contribution is -2.07. The van der Waals surface area contributed by atoms with Gasteiger partial charge in [0.15, 0.2) is 17.3 Å². The summed E-state index contributed by atoms with van der Waals surface area (Å²) in [4.78, 5) is 13.3. The Bertz CT molecular complexity index is 1240. The minimum atomic E-state index is -0.347. The van der Waals surface area contributed by atoms with Gasteiger partial charge < -0.3 is 24.4 Å². The van der Waals surface area contributed by atoms with Gasteiger partial charge in [-0.2, -0.15) is 0 Å². The van der Waals surface area contributed by atoms with Crippen LogP contribution in [0.5, 0.6) is 28.7 Å². The largest absolute Gasteiger partial charge is 0.507 e. The number of aryl methyl sites for hydroxylation is 1. The quantitative estimate of drug-likeness (QED) is 0.190. The molecular formula is C33H44O6. The topological polar surface area (TPSA) is 85.2 Å². The summed E-state index contributed by atoms with van der Waals surface area (Å²) in [5.74, 6) is 0.741.